The van der Waals surface area contributed by atoms with Crippen LogP contribution in [0.15, 0.2) is 24.3 Å². The Labute approximate surface area is 123 Å². The largest absolute Gasteiger partial charge is 0.492 e. The minimum Gasteiger partial charge on any atom is -0.492 e. The summed E-state index contributed by atoms with van der Waals surface area (Å²) < 4.78 is 5.56. The molecule has 1 fully saturated rings. The smallest absolute Gasteiger partial charge is 0.329 e. The van der Waals surface area contributed by atoms with Crippen LogP contribution >= 0.6 is 0 Å². The molecule has 2 atom stereocenters. The molecule has 2 aliphatic rings. The molecule has 0 saturated carbocycles. The maximum atomic E-state index is 12.9. The molecule has 3 rings (SSSR count). The third-order valence-corrected chi connectivity index (χ3v) is 4.74. The Morgan fingerprint density at radius 2 is 2.19 bits per heavy atom. The number of hydrogen-bond acceptors (Lipinski definition) is 3. The van der Waals surface area contributed by atoms with Crippen LogP contribution in [-0.2, 0) is 9.59 Å². The van der Waals surface area contributed by atoms with E-state index in [9.17, 15) is 14.7 Å². The van der Waals surface area contributed by atoms with Gasteiger partial charge in [0.2, 0.25) is 5.91 Å². The second kappa shape index (κ2) is 5.06. The van der Waals surface area contributed by atoms with Crippen molar-refractivity contribution in [2.24, 2.45) is 0 Å². The number of amides is 1. The summed E-state index contributed by atoms with van der Waals surface area (Å²) in [5, 5.41) is 9.60. The zero-order chi connectivity index (χ0) is 15.0. The van der Waals surface area contributed by atoms with Gasteiger partial charge in [0.25, 0.3) is 0 Å². The van der Waals surface area contributed by atoms with E-state index in [1.807, 2.05) is 31.2 Å². The van der Waals surface area contributed by atoms with Crippen molar-refractivity contribution in [1.29, 1.82) is 0 Å². The third kappa shape index (κ3) is 1.99. The number of aliphatic carboxylic acids is 1. The summed E-state index contributed by atoms with van der Waals surface area (Å²) in [6, 6.07) is 7.48. The Balaban J connectivity index is 1.91. The molecule has 0 aromatic heterocycles. The average Bonchev–Trinajstić information content (AvgIpc) is 3.11. The van der Waals surface area contributed by atoms with E-state index in [0.29, 0.717) is 26.0 Å². The first-order chi connectivity index (χ1) is 10.1. The molecule has 0 aliphatic carbocycles. The number of carbonyl (C=O) groups is 2. The van der Waals surface area contributed by atoms with Gasteiger partial charge in [-0.2, -0.15) is 0 Å². The van der Waals surface area contributed by atoms with Crippen molar-refractivity contribution in [3.05, 3.63) is 29.8 Å². The van der Waals surface area contributed by atoms with Crippen molar-refractivity contribution in [2.45, 2.75) is 37.6 Å². The second-order valence-electron chi connectivity index (χ2n) is 5.69. The number of para-hydroxylation sites is 1. The third-order valence-electron chi connectivity index (χ3n) is 4.74. The van der Waals surface area contributed by atoms with Crippen molar-refractivity contribution in [2.75, 3.05) is 13.2 Å². The zero-order valence-corrected chi connectivity index (χ0v) is 12.0. The van der Waals surface area contributed by atoms with Crippen LogP contribution in [0.25, 0.3) is 0 Å². The molecule has 1 N–H and O–H groups in total. The highest BCUT2D eigenvalue weighted by Crippen LogP contribution is 2.39. The lowest BCUT2D eigenvalue weighted by Crippen LogP contribution is -2.54. The van der Waals surface area contributed by atoms with Crippen molar-refractivity contribution in [1.82, 2.24) is 4.90 Å². The topological polar surface area (TPSA) is 66.8 Å². The molecule has 1 amide bonds. The molecule has 0 bridgehead atoms. The predicted octanol–water partition coefficient (Wildman–Crippen LogP) is 2.02. The normalized spacial score (nSPS) is 27.3. The van der Waals surface area contributed by atoms with Gasteiger partial charge in [0.05, 0.1) is 0 Å². The van der Waals surface area contributed by atoms with Gasteiger partial charge in [-0.05, 0) is 25.3 Å². The Bertz CT molecular complexity index is 585. The van der Waals surface area contributed by atoms with E-state index in [2.05, 4.69) is 0 Å². The van der Waals surface area contributed by atoms with Gasteiger partial charge in [-0.25, -0.2) is 4.79 Å². The molecule has 21 heavy (non-hydrogen) atoms. The molecule has 1 saturated heterocycles. The lowest BCUT2D eigenvalue weighted by atomic mass is 9.91. The lowest BCUT2D eigenvalue weighted by Gasteiger charge is -2.35. The maximum Gasteiger partial charge on any atom is 0.329 e. The summed E-state index contributed by atoms with van der Waals surface area (Å²) >= 11 is 0. The van der Waals surface area contributed by atoms with Gasteiger partial charge in [0.1, 0.15) is 23.8 Å². The van der Waals surface area contributed by atoms with Crippen LogP contribution in [0, 0.1) is 0 Å². The number of hydrogen-bond donors (Lipinski definition) is 1. The number of fused-ring (bicyclic) bond motifs is 1. The van der Waals surface area contributed by atoms with Gasteiger partial charge < -0.3 is 14.7 Å². The SMILES string of the molecule is CCC1(C(=O)O)CCCN1C(=O)C1COc2ccccc21. The standard InChI is InChI=1S/C16H19NO4/c1-2-16(15(19)20)8-5-9-17(16)14(18)12-10-21-13-7-4-3-6-11(12)13/h3-4,6-7,12H,2,5,8-10H2,1H3,(H,19,20). The van der Waals surface area contributed by atoms with Crippen LogP contribution < -0.4 is 4.74 Å². The van der Waals surface area contributed by atoms with Crippen molar-refractivity contribution in [3.63, 3.8) is 0 Å². The molecule has 5 heteroatoms. The van der Waals surface area contributed by atoms with E-state index < -0.39 is 11.5 Å². The maximum absolute atomic E-state index is 12.9. The van der Waals surface area contributed by atoms with E-state index in [0.717, 1.165) is 17.7 Å². The number of nitrogens with zero attached hydrogens (tertiary/aromatic N) is 1. The lowest BCUT2D eigenvalue weighted by molar-refractivity contribution is -0.157. The number of rotatable bonds is 3. The minimum absolute atomic E-state index is 0.123. The molecule has 0 spiro atoms. The van der Waals surface area contributed by atoms with Gasteiger partial charge in [-0.15, -0.1) is 0 Å². The molecule has 112 valence electrons. The molecular weight excluding hydrogens is 270 g/mol. The first-order valence-electron chi connectivity index (χ1n) is 7.37. The van der Waals surface area contributed by atoms with Crippen LogP contribution in [0.2, 0.25) is 0 Å². The fraction of sp³-hybridized carbons (Fsp3) is 0.500. The number of benzene rings is 1. The first kappa shape index (κ1) is 13.9. The van der Waals surface area contributed by atoms with E-state index >= 15 is 0 Å². The number of carboxylic acid groups (broad SMARTS) is 1. The summed E-state index contributed by atoms with van der Waals surface area (Å²) in [6.07, 6.45) is 1.70. The Morgan fingerprint density at radius 1 is 1.43 bits per heavy atom. The van der Waals surface area contributed by atoms with Gasteiger partial charge in [0, 0.05) is 12.1 Å². The number of likely N-dealkylation sites (tertiary alicyclic amines) is 1. The highest BCUT2D eigenvalue weighted by atomic mass is 16.5. The summed E-state index contributed by atoms with van der Waals surface area (Å²) in [5.41, 5.74) is -0.181. The van der Waals surface area contributed by atoms with Crippen LogP contribution in [0.5, 0.6) is 5.75 Å². The molecule has 0 radical (unpaired) electrons. The van der Waals surface area contributed by atoms with Crippen molar-refractivity contribution < 1.29 is 19.4 Å². The molecule has 2 aliphatic heterocycles. The Morgan fingerprint density at radius 3 is 2.90 bits per heavy atom. The second-order valence-corrected chi connectivity index (χ2v) is 5.69. The monoisotopic (exact) mass is 289 g/mol. The Hall–Kier alpha value is -2.04. The summed E-state index contributed by atoms with van der Waals surface area (Å²) in [7, 11) is 0. The fourth-order valence-electron chi connectivity index (χ4n) is 3.50. The highest BCUT2D eigenvalue weighted by molar-refractivity contribution is 5.92. The van der Waals surface area contributed by atoms with Gasteiger partial charge in [0.15, 0.2) is 0 Å². The zero-order valence-electron chi connectivity index (χ0n) is 12.0. The summed E-state index contributed by atoms with van der Waals surface area (Å²) in [5.74, 6) is -0.679. The summed E-state index contributed by atoms with van der Waals surface area (Å²) in [4.78, 5) is 26.1. The number of carbonyl (C=O) groups excluding carboxylic acids is 1. The van der Waals surface area contributed by atoms with Crippen LogP contribution in [-0.4, -0.2) is 40.6 Å². The molecule has 2 heterocycles. The fourth-order valence-corrected chi connectivity index (χ4v) is 3.50. The molecular formula is C16H19NO4. The van der Waals surface area contributed by atoms with Gasteiger partial charge in [-0.1, -0.05) is 25.1 Å². The molecule has 5 nitrogen and oxygen atoms in total. The van der Waals surface area contributed by atoms with Crippen molar-refractivity contribution in [3.8, 4) is 5.75 Å². The quantitative estimate of drug-likeness (QED) is 0.924. The van der Waals surface area contributed by atoms with E-state index in [4.69, 9.17) is 4.74 Å². The highest BCUT2D eigenvalue weighted by Gasteiger charge is 2.50. The molecule has 2 unspecified atom stereocenters. The number of ether oxygens (including phenoxy) is 1. The van der Waals surface area contributed by atoms with Gasteiger partial charge in [-0.3, -0.25) is 4.79 Å². The average molecular weight is 289 g/mol. The van der Waals surface area contributed by atoms with Crippen LogP contribution in [0.4, 0.5) is 0 Å². The van der Waals surface area contributed by atoms with Crippen molar-refractivity contribution >= 4 is 11.9 Å². The number of carboxylic acids is 1. The predicted molar refractivity (Wildman–Crippen MR) is 76.3 cm³/mol. The van der Waals surface area contributed by atoms with Crippen LogP contribution in [0.3, 0.4) is 0 Å². The minimum atomic E-state index is -1.05. The van der Waals surface area contributed by atoms with E-state index in [1.54, 1.807) is 4.90 Å². The van der Waals surface area contributed by atoms with Gasteiger partial charge >= 0.3 is 5.97 Å². The van der Waals surface area contributed by atoms with E-state index in [-0.39, 0.29) is 11.8 Å². The Kier molecular flexibility index (Phi) is 3.35. The summed E-state index contributed by atoms with van der Waals surface area (Å²) in [6.45, 7) is 2.64. The molecule has 1 aromatic carbocycles. The first-order valence-corrected chi connectivity index (χ1v) is 7.37. The van der Waals surface area contributed by atoms with E-state index in [1.165, 1.54) is 0 Å². The molecule has 1 aromatic rings. The van der Waals surface area contributed by atoms with Crippen LogP contribution in [0.1, 0.15) is 37.7 Å².